The number of unbranched alkanes of at least 4 members (excludes halogenated alkanes) is 8. The molecule has 0 unspecified atom stereocenters. The van der Waals surface area contributed by atoms with Crippen molar-refractivity contribution >= 4 is 0 Å². The molecule has 0 aliphatic carbocycles. The first-order valence-corrected chi connectivity index (χ1v) is 15.4. The highest BCUT2D eigenvalue weighted by molar-refractivity contribution is 5.55. The van der Waals surface area contributed by atoms with E-state index in [2.05, 4.69) is 105 Å². The number of nitrogens with zero attached hydrogens (tertiary/aromatic N) is 6. The fourth-order valence-corrected chi connectivity index (χ4v) is 5.49. The molecular formula is C34H50N6+2. The zero-order valence-electron chi connectivity index (χ0n) is 25.4. The molecule has 40 heavy (non-hydrogen) atoms. The molecule has 6 heteroatoms. The number of hydrogen-bond acceptors (Lipinski definition) is 2. The third-order valence-electron chi connectivity index (χ3n) is 8.43. The fraction of sp³-hybridized carbons (Fsp3) is 0.529. The van der Waals surface area contributed by atoms with Crippen molar-refractivity contribution in [3.63, 3.8) is 0 Å². The molecule has 6 nitrogen and oxygen atoms in total. The van der Waals surface area contributed by atoms with Crippen molar-refractivity contribution in [1.82, 2.24) is 19.1 Å². The molecule has 4 heterocycles. The van der Waals surface area contributed by atoms with Crippen molar-refractivity contribution in [3.05, 3.63) is 84.2 Å². The Morgan fingerprint density at radius 3 is 1.38 bits per heavy atom. The lowest BCUT2D eigenvalue weighted by atomic mass is 10.0. The molecule has 0 saturated heterocycles. The van der Waals surface area contributed by atoms with Gasteiger partial charge in [0, 0.05) is 26.2 Å². The summed E-state index contributed by atoms with van der Waals surface area (Å²) in [5.41, 5.74) is 4.75. The van der Waals surface area contributed by atoms with Gasteiger partial charge in [0.15, 0.2) is 0 Å². The van der Waals surface area contributed by atoms with Crippen LogP contribution >= 0.6 is 0 Å². The van der Waals surface area contributed by atoms with Gasteiger partial charge in [-0.1, -0.05) is 25.7 Å². The van der Waals surface area contributed by atoms with Crippen LogP contribution in [-0.4, -0.2) is 19.1 Å². The van der Waals surface area contributed by atoms with Crippen LogP contribution in [0.25, 0.3) is 11.4 Å². The molecule has 4 aromatic rings. The van der Waals surface area contributed by atoms with Gasteiger partial charge < -0.3 is 0 Å². The van der Waals surface area contributed by atoms with Gasteiger partial charge in [-0.15, -0.1) is 0 Å². The predicted octanol–water partition coefficient (Wildman–Crippen LogP) is 6.40. The van der Waals surface area contributed by atoms with Gasteiger partial charge in [-0.2, -0.15) is 0 Å². The summed E-state index contributed by atoms with van der Waals surface area (Å²) in [6.07, 6.45) is 27.5. The number of hydrogen-bond donors (Lipinski definition) is 0. The molecule has 0 aliphatic heterocycles. The Labute approximate surface area is 241 Å². The normalized spacial score (nSPS) is 11.4. The molecule has 0 fully saturated rings. The van der Waals surface area contributed by atoms with Crippen LogP contribution < -0.4 is 9.13 Å². The summed E-state index contributed by atoms with van der Waals surface area (Å²) in [7, 11) is 4.22. The van der Waals surface area contributed by atoms with Crippen molar-refractivity contribution in [3.8, 4) is 11.4 Å². The predicted molar refractivity (Wildman–Crippen MR) is 162 cm³/mol. The Bertz CT molecular complexity index is 1220. The van der Waals surface area contributed by atoms with Crippen LogP contribution in [0, 0.1) is 13.8 Å². The molecule has 0 bridgehead atoms. The second-order valence-corrected chi connectivity index (χ2v) is 11.4. The lowest BCUT2D eigenvalue weighted by Crippen LogP contribution is -2.29. The molecule has 0 amide bonds. The summed E-state index contributed by atoms with van der Waals surface area (Å²) < 4.78 is 9.08. The summed E-state index contributed by atoms with van der Waals surface area (Å²) >= 11 is 0. The van der Waals surface area contributed by atoms with Gasteiger partial charge in [0.1, 0.15) is 24.8 Å². The van der Waals surface area contributed by atoms with E-state index in [1.54, 1.807) is 0 Å². The summed E-state index contributed by atoms with van der Waals surface area (Å²) in [6, 6.07) is 8.82. The minimum atomic E-state index is 1.00. The molecule has 4 rings (SSSR count). The van der Waals surface area contributed by atoms with Gasteiger partial charge in [0.2, 0.25) is 0 Å². The first-order chi connectivity index (χ1) is 19.5. The van der Waals surface area contributed by atoms with E-state index in [4.69, 9.17) is 0 Å². The number of imidazole rings is 2. The molecular weight excluding hydrogens is 492 g/mol. The van der Waals surface area contributed by atoms with Crippen LogP contribution in [0.1, 0.15) is 87.0 Å². The zero-order chi connectivity index (χ0) is 28.2. The van der Waals surface area contributed by atoms with Crippen molar-refractivity contribution < 1.29 is 9.13 Å². The van der Waals surface area contributed by atoms with Crippen molar-refractivity contribution in [2.24, 2.45) is 14.1 Å². The fourth-order valence-electron chi connectivity index (χ4n) is 5.49. The molecule has 0 spiro atoms. The van der Waals surface area contributed by atoms with Gasteiger partial charge in [0.25, 0.3) is 11.6 Å². The van der Waals surface area contributed by atoms with Crippen LogP contribution in [0.5, 0.6) is 0 Å². The molecule has 214 valence electrons. The summed E-state index contributed by atoms with van der Waals surface area (Å²) in [5.74, 6) is 2.65. The maximum absolute atomic E-state index is 4.65. The van der Waals surface area contributed by atoms with Crippen LogP contribution in [0.3, 0.4) is 0 Å². The van der Waals surface area contributed by atoms with E-state index in [1.165, 1.54) is 87.0 Å². The minimum absolute atomic E-state index is 1.00. The Balaban J connectivity index is 1.12. The average Bonchev–Trinajstić information content (AvgIpc) is 3.47. The van der Waals surface area contributed by atoms with E-state index in [0.717, 1.165) is 37.3 Å². The van der Waals surface area contributed by atoms with E-state index >= 15 is 0 Å². The molecule has 0 radical (unpaired) electrons. The second-order valence-electron chi connectivity index (χ2n) is 11.4. The summed E-state index contributed by atoms with van der Waals surface area (Å²) in [6.45, 7) is 6.62. The summed E-state index contributed by atoms with van der Waals surface area (Å²) in [4.78, 5) is 9.30. The number of rotatable bonds is 17. The van der Waals surface area contributed by atoms with Crippen molar-refractivity contribution in [2.75, 3.05) is 0 Å². The Morgan fingerprint density at radius 2 is 0.975 bits per heavy atom. The molecule has 0 aliphatic rings. The molecule has 0 aromatic carbocycles. The Morgan fingerprint density at radius 1 is 0.575 bits per heavy atom. The molecule has 0 saturated carbocycles. The molecule has 0 N–H and O–H groups in total. The standard InChI is InChI=1S/C34H50N6/c1-29-37(3)23-25-39(29)21-13-9-5-7-11-15-31-17-19-35-33(27-31)34-28-32(18-20-36-34)16-12-8-6-10-14-22-40-26-24-38(4)30(40)2/h17-20,23-28H,5-16,21-22H2,1-4H3/q+2. The quantitative estimate of drug-likeness (QED) is 0.114. The number of pyridine rings is 2. The van der Waals surface area contributed by atoms with Gasteiger partial charge in [-0.05, 0) is 86.8 Å². The van der Waals surface area contributed by atoms with Gasteiger partial charge in [-0.25, -0.2) is 18.3 Å². The largest absolute Gasteiger partial charge is 0.255 e. The summed E-state index contributed by atoms with van der Waals surface area (Å²) in [5, 5.41) is 0. The minimum Gasteiger partial charge on any atom is -0.255 e. The maximum atomic E-state index is 4.65. The van der Waals surface area contributed by atoms with E-state index in [-0.39, 0.29) is 0 Å². The monoisotopic (exact) mass is 542 g/mol. The SMILES string of the molecule is Cc1n(CCCCCCCc2ccnc(-c3cc(CCCCCCCn4cc[n+](C)c4C)ccn3)c2)cc[n+]1C. The average molecular weight is 543 g/mol. The van der Waals surface area contributed by atoms with Gasteiger partial charge in [-0.3, -0.25) is 9.97 Å². The third kappa shape index (κ3) is 8.87. The smallest absolute Gasteiger partial charge is 0.253 e. The van der Waals surface area contributed by atoms with Gasteiger partial charge >= 0.3 is 0 Å². The van der Waals surface area contributed by atoms with Crippen LogP contribution in [-0.2, 0) is 40.0 Å². The first kappa shape index (κ1) is 29.7. The van der Waals surface area contributed by atoms with Crippen molar-refractivity contribution in [2.45, 2.75) is 104 Å². The third-order valence-corrected chi connectivity index (χ3v) is 8.43. The molecule has 0 atom stereocenters. The van der Waals surface area contributed by atoms with Crippen LogP contribution in [0.4, 0.5) is 0 Å². The Kier molecular flexibility index (Phi) is 11.5. The topological polar surface area (TPSA) is 43.4 Å². The zero-order valence-corrected chi connectivity index (χ0v) is 25.4. The second kappa shape index (κ2) is 15.5. The van der Waals surface area contributed by atoms with E-state index < -0.39 is 0 Å². The highest BCUT2D eigenvalue weighted by atomic mass is 15.1. The number of aromatic nitrogens is 6. The maximum Gasteiger partial charge on any atom is 0.253 e. The highest BCUT2D eigenvalue weighted by Crippen LogP contribution is 2.20. The lowest BCUT2D eigenvalue weighted by Gasteiger charge is -2.07. The van der Waals surface area contributed by atoms with E-state index in [9.17, 15) is 0 Å². The molecule has 4 aromatic heterocycles. The van der Waals surface area contributed by atoms with Crippen LogP contribution in [0.2, 0.25) is 0 Å². The van der Waals surface area contributed by atoms with Gasteiger partial charge in [0.05, 0.1) is 38.6 Å². The highest BCUT2D eigenvalue weighted by Gasteiger charge is 2.09. The van der Waals surface area contributed by atoms with E-state index in [0.29, 0.717) is 0 Å². The van der Waals surface area contributed by atoms with Crippen molar-refractivity contribution in [1.29, 1.82) is 0 Å². The number of aryl methyl sites for hydroxylation is 6. The lowest BCUT2D eigenvalue weighted by molar-refractivity contribution is -0.677. The first-order valence-electron chi connectivity index (χ1n) is 15.4. The van der Waals surface area contributed by atoms with E-state index in [1.807, 2.05) is 12.4 Å². The Hall–Kier alpha value is -3.28. The van der Waals surface area contributed by atoms with Crippen LogP contribution in [0.15, 0.2) is 61.4 Å².